The molecule has 0 fully saturated rings. The SMILES string of the molecule is NC(=S)c1ccc(Oc2ccc(Br)cc2Br)c(Cl)c1. The van der Waals surface area contributed by atoms with Crippen LogP contribution in [0, 0.1) is 0 Å². The lowest BCUT2D eigenvalue weighted by Gasteiger charge is -2.10. The largest absolute Gasteiger partial charge is 0.455 e. The molecule has 0 aliphatic rings. The monoisotopic (exact) mass is 419 g/mol. The average molecular weight is 422 g/mol. The summed E-state index contributed by atoms with van der Waals surface area (Å²) in [6, 6.07) is 10.8. The van der Waals surface area contributed by atoms with Crippen molar-refractivity contribution in [2.75, 3.05) is 0 Å². The van der Waals surface area contributed by atoms with Crippen LogP contribution in [0.15, 0.2) is 45.3 Å². The summed E-state index contributed by atoms with van der Waals surface area (Å²) in [4.78, 5) is 0.304. The van der Waals surface area contributed by atoms with Gasteiger partial charge < -0.3 is 10.5 Å². The first-order chi connectivity index (χ1) is 8.97. The van der Waals surface area contributed by atoms with Crippen molar-refractivity contribution in [3.8, 4) is 11.5 Å². The molecule has 0 aliphatic carbocycles. The van der Waals surface area contributed by atoms with Crippen LogP contribution >= 0.6 is 55.7 Å². The van der Waals surface area contributed by atoms with Gasteiger partial charge in [0, 0.05) is 10.0 Å². The Kier molecular flexibility index (Phi) is 4.84. The zero-order valence-corrected chi connectivity index (χ0v) is 14.2. The molecule has 0 aromatic heterocycles. The van der Waals surface area contributed by atoms with Gasteiger partial charge in [-0.3, -0.25) is 0 Å². The molecule has 2 nitrogen and oxygen atoms in total. The number of thiocarbonyl (C=S) groups is 1. The molecule has 0 radical (unpaired) electrons. The van der Waals surface area contributed by atoms with Gasteiger partial charge in [0.1, 0.15) is 16.5 Å². The summed E-state index contributed by atoms with van der Waals surface area (Å²) >= 11 is 17.8. The number of hydrogen-bond acceptors (Lipinski definition) is 2. The molecule has 0 spiro atoms. The van der Waals surface area contributed by atoms with Crippen LogP contribution in [0.3, 0.4) is 0 Å². The van der Waals surface area contributed by atoms with E-state index in [0.29, 0.717) is 27.1 Å². The minimum Gasteiger partial charge on any atom is -0.455 e. The molecule has 2 aromatic carbocycles. The fourth-order valence-electron chi connectivity index (χ4n) is 1.41. The van der Waals surface area contributed by atoms with Crippen molar-refractivity contribution in [1.82, 2.24) is 0 Å². The molecule has 0 heterocycles. The third kappa shape index (κ3) is 3.69. The first kappa shape index (κ1) is 14.8. The summed E-state index contributed by atoms with van der Waals surface area (Å²) in [7, 11) is 0. The zero-order chi connectivity index (χ0) is 14.0. The van der Waals surface area contributed by atoms with Gasteiger partial charge in [0.15, 0.2) is 0 Å². The van der Waals surface area contributed by atoms with Gasteiger partial charge in [-0.2, -0.15) is 0 Å². The van der Waals surface area contributed by atoms with Gasteiger partial charge in [-0.25, -0.2) is 0 Å². The normalized spacial score (nSPS) is 10.3. The Morgan fingerprint density at radius 3 is 2.37 bits per heavy atom. The second kappa shape index (κ2) is 6.22. The van der Waals surface area contributed by atoms with E-state index in [1.807, 2.05) is 18.2 Å². The van der Waals surface area contributed by atoms with Crippen molar-refractivity contribution in [2.45, 2.75) is 0 Å². The standard InChI is InChI=1S/C13H8Br2ClNOS/c14-8-2-4-11(9(15)6-8)18-12-3-1-7(13(17)19)5-10(12)16/h1-6H,(H2,17,19). The van der Waals surface area contributed by atoms with E-state index in [0.717, 1.165) is 8.95 Å². The van der Waals surface area contributed by atoms with Gasteiger partial charge in [-0.1, -0.05) is 39.7 Å². The van der Waals surface area contributed by atoms with Crippen LogP contribution in [-0.2, 0) is 0 Å². The van der Waals surface area contributed by atoms with E-state index < -0.39 is 0 Å². The van der Waals surface area contributed by atoms with E-state index >= 15 is 0 Å². The zero-order valence-electron chi connectivity index (χ0n) is 9.49. The van der Waals surface area contributed by atoms with Crippen molar-refractivity contribution >= 4 is 60.7 Å². The number of halogens is 3. The minimum absolute atomic E-state index is 0.304. The van der Waals surface area contributed by atoms with Crippen LogP contribution in [-0.4, -0.2) is 4.99 Å². The van der Waals surface area contributed by atoms with Crippen LogP contribution in [0.4, 0.5) is 0 Å². The topological polar surface area (TPSA) is 35.2 Å². The van der Waals surface area contributed by atoms with E-state index in [2.05, 4.69) is 31.9 Å². The van der Waals surface area contributed by atoms with E-state index in [4.69, 9.17) is 34.3 Å². The predicted molar refractivity (Wildman–Crippen MR) is 89.3 cm³/mol. The molecule has 2 N–H and O–H groups in total. The predicted octanol–water partition coefficient (Wildman–Crippen LogP) is 5.29. The maximum atomic E-state index is 6.14. The molecule has 0 aliphatic heterocycles. The third-order valence-electron chi connectivity index (χ3n) is 2.33. The quantitative estimate of drug-likeness (QED) is 0.684. The minimum atomic E-state index is 0.304. The highest BCUT2D eigenvalue weighted by molar-refractivity contribution is 9.11. The molecular formula is C13H8Br2ClNOS. The van der Waals surface area contributed by atoms with E-state index in [1.165, 1.54) is 0 Å². The maximum absolute atomic E-state index is 6.14. The first-order valence-corrected chi connectivity index (χ1v) is 7.57. The highest BCUT2D eigenvalue weighted by atomic mass is 79.9. The number of ether oxygens (including phenoxy) is 1. The van der Waals surface area contributed by atoms with Crippen LogP contribution < -0.4 is 10.5 Å². The highest BCUT2D eigenvalue weighted by Gasteiger charge is 2.08. The highest BCUT2D eigenvalue weighted by Crippen LogP contribution is 2.35. The number of rotatable bonds is 3. The second-order valence-electron chi connectivity index (χ2n) is 3.69. The Bertz CT molecular complexity index is 649. The molecule has 98 valence electrons. The summed E-state index contributed by atoms with van der Waals surface area (Å²) in [6.07, 6.45) is 0. The Hall–Kier alpha value is -0.620. The summed E-state index contributed by atoms with van der Waals surface area (Å²) in [5.41, 5.74) is 6.26. The summed E-state index contributed by atoms with van der Waals surface area (Å²) in [5, 5.41) is 0.458. The lowest BCUT2D eigenvalue weighted by atomic mass is 10.2. The van der Waals surface area contributed by atoms with Crippen LogP contribution in [0.5, 0.6) is 11.5 Å². The molecule has 19 heavy (non-hydrogen) atoms. The Labute approximate surface area is 138 Å². The maximum Gasteiger partial charge on any atom is 0.146 e. The van der Waals surface area contributed by atoms with Crippen molar-refractivity contribution in [3.63, 3.8) is 0 Å². The third-order valence-corrected chi connectivity index (χ3v) is 3.97. The number of nitrogens with two attached hydrogens (primary N) is 1. The van der Waals surface area contributed by atoms with Crippen molar-refractivity contribution in [1.29, 1.82) is 0 Å². The first-order valence-electron chi connectivity index (χ1n) is 5.19. The van der Waals surface area contributed by atoms with Crippen LogP contribution in [0.1, 0.15) is 5.56 Å². The molecular weight excluding hydrogens is 413 g/mol. The van der Waals surface area contributed by atoms with Gasteiger partial charge in [0.2, 0.25) is 0 Å². The fourth-order valence-corrected chi connectivity index (χ4v) is 2.89. The van der Waals surface area contributed by atoms with Crippen molar-refractivity contribution < 1.29 is 4.74 Å². The van der Waals surface area contributed by atoms with E-state index in [1.54, 1.807) is 18.2 Å². The van der Waals surface area contributed by atoms with Crippen molar-refractivity contribution in [2.24, 2.45) is 5.73 Å². The van der Waals surface area contributed by atoms with Crippen LogP contribution in [0.25, 0.3) is 0 Å². The van der Waals surface area contributed by atoms with Gasteiger partial charge >= 0.3 is 0 Å². The molecule has 0 unspecified atom stereocenters. The molecule has 2 aromatic rings. The fraction of sp³-hybridized carbons (Fsp3) is 0. The smallest absolute Gasteiger partial charge is 0.146 e. The van der Waals surface area contributed by atoms with Gasteiger partial charge in [0.25, 0.3) is 0 Å². The van der Waals surface area contributed by atoms with E-state index in [9.17, 15) is 0 Å². The van der Waals surface area contributed by atoms with E-state index in [-0.39, 0.29) is 0 Å². The van der Waals surface area contributed by atoms with Gasteiger partial charge in [0.05, 0.1) is 9.50 Å². The molecule has 6 heteroatoms. The average Bonchev–Trinajstić information content (AvgIpc) is 2.34. The van der Waals surface area contributed by atoms with Crippen molar-refractivity contribution in [3.05, 3.63) is 55.9 Å². The summed E-state index contributed by atoms with van der Waals surface area (Å²) in [5.74, 6) is 1.22. The Morgan fingerprint density at radius 2 is 1.79 bits per heavy atom. The Balaban J connectivity index is 2.31. The summed E-state index contributed by atoms with van der Waals surface area (Å²) < 4.78 is 7.54. The lowest BCUT2D eigenvalue weighted by Crippen LogP contribution is -2.08. The molecule has 0 saturated heterocycles. The van der Waals surface area contributed by atoms with Gasteiger partial charge in [-0.05, 0) is 52.3 Å². The molecule has 0 saturated carbocycles. The van der Waals surface area contributed by atoms with Gasteiger partial charge in [-0.15, -0.1) is 0 Å². The second-order valence-corrected chi connectivity index (χ2v) is 6.30. The summed E-state index contributed by atoms with van der Waals surface area (Å²) in [6.45, 7) is 0. The molecule has 0 amide bonds. The lowest BCUT2D eigenvalue weighted by molar-refractivity contribution is 0.480. The molecule has 0 atom stereocenters. The number of benzene rings is 2. The van der Waals surface area contributed by atoms with Crippen LogP contribution in [0.2, 0.25) is 5.02 Å². The molecule has 2 rings (SSSR count). The number of hydrogen-bond donors (Lipinski definition) is 1. The molecule has 0 bridgehead atoms. The Morgan fingerprint density at radius 1 is 1.11 bits per heavy atom.